The monoisotopic (exact) mass is 310 g/mol. The number of pyridine rings is 1. The molecule has 0 amide bonds. The summed E-state index contributed by atoms with van der Waals surface area (Å²) in [5.41, 5.74) is 5.45. The molecule has 7 heteroatoms. The first kappa shape index (κ1) is 12.6. The maximum atomic E-state index is 11.9. The van der Waals surface area contributed by atoms with Gasteiger partial charge in [-0.05, 0) is 27.6 Å². The van der Waals surface area contributed by atoms with E-state index in [1.807, 2.05) is 0 Å². The summed E-state index contributed by atoms with van der Waals surface area (Å²) in [4.78, 5) is 27.7. The van der Waals surface area contributed by atoms with Crippen LogP contribution in [0.1, 0.15) is 5.56 Å². The van der Waals surface area contributed by atoms with Crippen LogP contribution < -0.4 is 17.0 Å². The van der Waals surface area contributed by atoms with Crippen LogP contribution in [0, 0.1) is 0 Å². The highest BCUT2D eigenvalue weighted by Crippen LogP contribution is 2.09. The number of hydrogen-bond acceptors (Lipinski definition) is 4. The molecule has 6 nitrogen and oxygen atoms in total. The Morgan fingerprint density at radius 1 is 1.39 bits per heavy atom. The van der Waals surface area contributed by atoms with Gasteiger partial charge in [-0.1, -0.05) is 0 Å². The molecule has 0 bridgehead atoms. The van der Waals surface area contributed by atoms with Crippen molar-refractivity contribution >= 4 is 21.6 Å². The van der Waals surface area contributed by atoms with Gasteiger partial charge in [-0.3, -0.25) is 14.3 Å². The SMILES string of the molecule is Cn1cc(N)c(=O)n(Cc2cncc(Br)c2)c1=O. The van der Waals surface area contributed by atoms with Gasteiger partial charge in [0.25, 0.3) is 5.56 Å². The van der Waals surface area contributed by atoms with Crippen LogP contribution in [0.25, 0.3) is 0 Å². The first-order chi connectivity index (χ1) is 8.49. The van der Waals surface area contributed by atoms with E-state index in [0.717, 1.165) is 14.6 Å². The van der Waals surface area contributed by atoms with Gasteiger partial charge in [0, 0.05) is 30.1 Å². The van der Waals surface area contributed by atoms with Crippen molar-refractivity contribution < 1.29 is 0 Å². The summed E-state index contributed by atoms with van der Waals surface area (Å²) < 4.78 is 3.15. The minimum Gasteiger partial charge on any atom is -0.393 e. The van der Waals surface area contributed by atoms with Crippen LogP contribution in [0.5, 0.6) is 0 Å². The molecular weight excluding hydrogens is 300 g/mol. The van der Waals surface area contributed by atoms with E-state index in [4.69, 9.17) is 5.73 Å². The lowest BCUT2D eigenvalue weighted by molar-refractivity contribution is 0.642. The number of hydrogen-bond donors (Lipinski definition) is 1. The van der Waals surface area contributed by atoms with Crippen molar-refractivity contribution in [3.05, 3.63) is 55.5 Å². The van der Waals surface area contributed by atoms with Crippen LogP contribution >= 0.6 is 15.9 Å². The lowest BCUT2D eigenvalue weighted by Gasteiger charge is -2.08. The van der Waals surface area contributed by atoms with Gasteiger partial charge in [0.2, 0.25) is 0 Å². The molecule has 0 spiro atoms. The average Bonchev–Trinajstić information content (AvgIpc) is 2.32. The fraction of sp³-hybridized carbons (Fsp3) is 0.182. The molecule has 2 N–H and O–H groups in total. The third kappa shape index (κ3) is 2.35. The molecule has 94 valence electrons. The van der Waals surface area contributed by atoms with Crippen molar-refractivity contribution in [1.82, 2.24) is 14.1 Å². The second kappa shape index (κ2) is 4.77. The Kier molecular flexibility index (Phi) is 3.33. The van der Waals surface area contributed by atoms with Gasteiger partial charge in [0.1, 0.15) is 5.69 Å². The summed E-state index contributed by atoms with van der Waals surface area (Å²) in [5.74, 6) is 0. The fourth-order valence-corrected chi connectivity index (χ4v) is 2.03. The lowest BCUT2D eigenvalue weighted by atomic mass is 10.3. The molecule has 0 aromatic carbocycles. The Morgan fingerprint density at radius 3 is 2.78 bits per heavy atom. The van der Waals surface area contributed by atoms with Crippen LogP contribution in [0.3, 0.4) is 0 Å². The summed E-state index contributed by atoms with van der Waals surface area (Å²) in [7, 11) is 1.55. The van der Waals surface area contributed by atoms with Crippen molar-refractivity contribution in [2.75, 3.05) is 5.73 Å². The number of anilines is 1. The average molecular weight is 311 g/mol. The molecule has 2 rings (SSSR count). The summed E-state index contributed by atoms with van der Waals surface area (Å²) in [6.45, 7) is 0.142. The van der Waals surface area contributed by atoms with Crippen molar-refractivity contribution in [2.45, 2.75) is 6.54 Å². The van der Waals surface area contributed by atoms with E-state index in [1.54, 1.807) is 25.5 Å². The summed E-state index contributed by atoms with van der Waals surface area (Å²) in [6.07, 6.45) is 4.55. The van der Waals surface area contributed by atoms with Gasteiger partial charge in [-0.25, -0.2) is 4.79 Å². The summed E-state index contributed by atoms with van der Waals surface area (Å²) >= 11 is 3.28. The second-order valence-electron chi connectivity index (χ2n) is 3.88. The van der Waals surface area contributed by atoms with Crippen LogP contribution in [0.15, 0.2) is 38.7 Å². The van der Waals surface area contributed by atoms with Gasteiger partial charge < -0.3 is 10.3 Å². The van der Waals surface area contributed by atoms with Gasteiger partial charge in [-0.2, -0.15) is 0 Å². The van der Waals surface area contributed by atoms with Crippen molar-refractivity contribution in [3.8, 4) is 0 Å². The van der Waals surface area contributed by atoms with E-state index in [2.05, 4.69) is 20.9 Å². The standard InChI is InChI=1S/C11H11BrN4O2/c1-15-6-9(13)10(17)16(11(15)18)5-7-2-8(12)4-14-3-7/h2-4,6H,5,13H2,1H3. The molecule has 2 aromatic heterocycles. The molecule has 2 heterocycles. The molecule has 0 unspecified atom stereocenters. The Bertz CT molecular complexity index is 671. The first-order valence-corrected chi connectivity index (χ1v) is 5.93. The number of nitrogen functional groups attached to an aromatic ring is 1. The molecule has 0 aliphatic heterocycles. The first-order valence-electron chi connectivity index (χ1n) is 5.14. The molecule has 0 fully saturated rings. The number of aromatic nitrogens is 3. The molecule has 0 atom stereocenters. The van der Waals surface area contributed by atoms with Crippen LogP contribution in [-0.2, 0) is 13.6 Å². The van der Waals surface area contributed by atoms with E-state index >= 15 is 0 Å². The quantitative estimate of drug-likeness (QED) is 0.867. The normalized spacial score (nSPS) is 10.6. The minimum absolute atomic E-state index is 0.0417. The van der Waals surface area contributed by atoms with E-state index in [9.17, 15) is 9.59 Å². The van der Waals surface area contributed by atoms with E-state index in [1.165, 1.54) is 10.8 Å². The van der Waals surface area contributed by atoms with Gasteiger partial charge in [0.15, 0.2) is 0 Å². The maximum Gasteiger partial charge on any atom is 0.331 e. The number of rotatable bonds is 2. The molecule has 0 saturated carbocycles. The van der Waals surface area contributed by atoms with Crippen LogP contribution in [0.2, 0.25) is 0 Å². The zero-order valence-corrected chi connectivity index (χ0v) is 11.2. The maximum absolute atomic E-state index is 11.9. The molecular formula is C11H11BrN4O2. The highest BCUT2D eigenvalue weighted by molar-refractivity contribution is 9.10. The van der Waals surface area contributed by atoms with Gasteiger partial charge in [-0.15, -0.1) is 0 Å². The Labute approximate surface area is 111 Å². The van der Waals surface area contributed by atoms with Crippen LogP contribution in [-0.4, -0.2) is 14.1 Å². The van der Waals surface area contributed by atoms with Gasteiger partial charge in [0.05, 0.1) is 6.54 Å². The smallest absolute Gasteiger partial charge is 0.331 e. The number of halogens is 1. The van der Waals surface area contributed by atoms with Crippen molar-refractivity contribution in [2.24, 2.45) is 7.05 Å². The zero-order chi connectivity index (χ0) is 13.3. The Morgan fingerprint density at radius 2 is 2.11 bits per heavy atom. The van der Waals surface area contributed by atoms with E-state index < -0.39 is 11.2 Å². The Balaban J connectivity index is 2.53. The highest BCUT2D eigenvalue weighted by Gasteiger charge is 2.08. The highest BCUT2D eigenvalue weighted by atomic mass is 79.9. The Hall–Kier alpha value is -1.89. The predicted molar refractivity (Wildman–Crippen MR) is 71.4 cm³/mol. The molecule has 0 radical (unpaired) electrons. The third-order valence-corrected chi connectivity index (χ3v) is 2.89. The molecule has 18 heavy (non-hydrogen) atoms. The lowest BCUT2D eigenvalue weighted by Crippen LogP contribution is -2.39. The van der Waals surface area contributed by atoms with Crippen molar-refractivity contribution in [3.63, 3.8) is 0 Å². The fourth-order valence-electron chi connectivity index (χ4n) is 1.62. The molecule has 0 aliphatic rings. The van der Waals surface area contributed by atoms with Crippen LogP contribution in [0.4, 0.5) is 5.69 Å². The molecule has 0 saturated heterocycles. The number of aryl methyl sites for hydroxylation is 1. The predicted octanol–water partition coefficient (Wildman–Crippen LogP) is 0.335. The number of nitrogens with zero attached hydrogens (tertiary/aromatic N) is 3. The third-order valence-electron chi connectivity index (χ3n) is 2.46. The van der Waals surface area contributed by atoms with Gasteiger partial charge >= 0.3 is 5.69 Å². The second-order valence-corrected chi connectivity index (χ2v) is 4.80. The summed E-state index contributed by atoms with van der Waals surface area (Å²) in [6, 6.07) is 1.79. The minimum atomic E-state index is -0.488. The molecule has 2 aromatic rings. The zero-order valence-electron chi connectivity index (χ0n) is 9.63. The van der Waals surface area contributed by atoms with Crippen molar-refractivity contribution in [1.29, 1.82) is 0 Å². The molecule has 0 aliphatic carbocycles. The topological polar surface area (TPSA) is 82.9 Å². The largest absolute Gasteiger partial charge is 0.393 e. The van der Waals surface area contributed by atoms with E-state index in [-0.39, 0.29) is 12.2 Å². The summed E-state index contributed by atoms with van der Waals surface area (Å²) in [5, 5.41) is 0. The van der Waals surface area contributed by atoms with E-state index in [0.29, 0.717) is 0 Å². The number of nitrogens with two attached hydrogens (primary N) is 1.